The third-order valence-corrected chi connectivity index (χ3v) is 6.41. The van der Waals surface area contributed by atoms with Crippen LogP contribution in [-0.4, -0.2) is 40.3 Å². The molecular weight excluding hydrogens is 420 g/mol. The van der Waals surface area contributed by atoms with E-state index in [9.17, 15) is 14.4 Å². The fourth-order valence-electron chi connectivity index (χ4n) is 3.31. The molecule has 0 spiro atoms. The molecule has 170 valence electrons. The Kier molecular flexibility index (Phi) is 6.43. The highest BCUT2D eigenvalue weighted by Crippen LogP contribution is 2.41. The van der Waals surface area contributed by atoms with Crippen molar-refractivity contribution in [2.45, 2.75) is 72.1 Å². The van der Waals surface area contributed by atoms with Crippen LogP contribution >= 0.6 is 11.3 Å². The summed E-state index contributed by atoms with van der Waals surface area (Å²) in [7, 11) is 0. The number of carbonyl (C=O) groups is 1. The maximum Gasteiger partial charge on any atom is 0.428 e. The molecule has 2 aromatic heterocycles. The number of aryl methyl sites for hydroxylation is 1. The average Bonchev–Trinajstić information content (AvgIpc) is 3.30. The lowest BCUT2D eigenvalue weighted by atomic mass is 10.2. The number of nitrogens with zero attached hydrogens (tertiary/aromatic N) is 3. The summed E-state index contributed by atoms with van der Waals surface area (Å²) in [6, 6.07) is 0. The normalized spacial score (nSPS) is 15.5. The van der Waals surface area contributed by atoms with Crippen molar-refractivity contribution < 1.29 is 14.3 Å². The summed E-state index contributed by atoms with van der Waals surface area (Å²) in [6.07, 6.45) is 2.41. The fraction of sp³-hybridized carbons (Fsp3) is 0.619. The monoisotopic (exact) mass is 450 g/mol. The Balaban J connectivity index is 2.03. The Morgan fingerprint density at radius 1 is 1.32 bits per heavy atom. The quantitative estimate of drug-likeness (QED) is 0.397. The summed E-state index contributed by atoms with van der Waals surface area (Å²) in [4.78, 5) is 39.6. The minimum Gasteiger partial charge on any atom is -0.443 e. The fourth-order valence-corrected chi connectivity index (χ4v) is 4.50. The van der Waals surface area contributed by atoms with Crippen LogP contribution in [0, 0.1) is 6.92 Å². The van der Waals surface area contributed by atoms with E-state index < -0.39 is 17.2 Å². The van der Waals surface area contributed by atoms with Crippen LogP contribution in [0.5, 0.6) is 0 Å². The number of ether oxygens (including phenoxy) is 2. The van der Waals surface area contributed by atoms with Gasteiger partial charge in [0.15, 0.2) is 0 Å². The van der Waals surface area contributed by atoms with Crippen LogP contribution in [-0.2, 0) is 21.6 Å². The van der Waals surface area contributed by atoms with Crippen molar-refractivity contribution in [3.05, 3.63) is 31.3 Å². The van der Waals surface area contributed by atoms with Crippen LogP contribution in [0.25, 0.3) is 10.2 Å². The van der Waals surface area contributed by atoms with Crippen LogP contribution in [0.4, 0.5) is 4.79 Å². The molecule has 31 heavy (non-hydrogen) atoms. The van der Waals surface area contributed by atoms with Gasteiger partial charge < -0.3 is 9.47 Å². The number of hydrogen-bond donors (Lipinski definition) is 1. The van der Waals surface area contributed by atoms with Gasteiger partial charge in [-0.2, -0.15) is 5.10 Å². The zero-order valence-electron chi connectivity index (χ0n) is 18.9. The Labute approximate surface area is 184 Å². The number of hydrazone groups is 1. The predicted octanol–water partition coefficient (Wildman–Crippen LogP) is 2.94. The van der Waals surface area contributed by atoms with E-state index in [-0.39, 0.29) is 11.2 Å². The first-order valence-electron chi connectivity index (χ1n) is 10.4. The molecule has 0 radical (unpaired) electrons. The van der Waals surface area contributed by atoms with E-state index >= 15 is 0 Å². The van der Waals surface area contributed by atoms with Gasteiger partial charge in [-0.1, -0.05) is 0 Å². The van der Waals surface area contributed by atoms with Crippen LogP contribution in [0.2, 0.25) is 0 Å². The Morgan fingerprint density at radius 2 is 2.00 bits per heavy atom. The van der Waals surface area contributed by atoms with E-state index in [0.29, 0.717) is 34.9 Å². The number of rotatable bonds is 7. The number of amides is 1. The number of fused-ring (bicyclic) bond motifs is 1. The van der Waals surface area contributed by atoms with Crippen molar-refractivity contribution in [2.24, 2.45) is 5.10 Å². The largest absolute Gasteiger partial charge is 0.443 e. The summed E-state index contributed by atoms with van der Waals surface area (Å²) in [5.41, 5.74) is 1.40. The van der Waals surface area contributed by atoms with Crippen molar-refractivity contribution in [1.82, 2.24) is 14.6 Å². The summed E-state index contributed by atoms with van der Waals surface area (Å²) in [5, 5.41) is 4.47. The highest BCUT2D eigenvalue weighted by atomic mass is 32.1. The average molecular weight is 451 g/mol. The van der Waals surface area contributed by atoms with E-state index in [1.54, 1.807) is 25.3 Å². The molecule has 1 aliphatic carbocycles. The number of thiophene rings is 1. The van der Waals surface area contributed by atoms with Gasteiger partial charge in [-0.05, 0) is 59.9 Å². The second-order valence-electron chi connectivity index (χ2n) is 8.91. The molecule has 2 heterocycles. The van der Waals surface area contributed by atoms with E-state index in [0.717, 1.165) is 18.4 Å². The zero-order valence-corrected chi connectivity index (χ0v) is 19.7. The van der Waals surface area contributed by atoms with E-state index in [1.165, 1.54) is 22.1 Å². The molecule has 0 bridgehead atoms. The number of hydrogen-bond acceptors (Lipinski definition) is 7. The molecule has 1 amide bonds. The van der Waals surface area contributed by atoms with E-state index in [1.807, 2.05) is 20.8 Å². The molecule has 0 unspecified atom stereocenters. The minimum absolute atomic E-state index is 0.277. The predicted molar refractivity (Wildman–Crippen MR) is 121 cm³/mol. The SMILES string of the molecule is CCOCCn1c(=O)n(C2(C)CC2)c(=O)c2c(C)c(C=NNC(=O)OC(C)(C)C)sc21. The van der Waals surface area contributed by atoms with Gasteiger partial charge in [-0.3, -0.25) is 13.9 Å². The van der Waals surface area contributed by atoms with Crippen molar-refractivity contribution >= 4 is 33.9 Å². The topological polar surface area (TPSA) is 104 Å². The first kappa shape index (κ1) is 23.2. The first-order valence-corrected chi connectivity index (χ1v) is 11.2. The van der Waals surface area contributed by atoms with Crippen LogP contribution in [0.15, 0.2) is 14.7 Å². The molecule has 1 fully saturated rings. The molecule has 1 N–H and O–H groups in total. The van der Waals surface area contributed by atoms with Gasteiger partial charge in [0.05, 0.1) is 35.2 Å². The highest BCUT2D eigenvalue weighted by Gasteiger charge is 2.43. The lowest BCUT2D eigenvalue weighted by Gasteiger charge is -2.18. The van der Waals surface area contributed by atoms with Crippen LogP contribution in [0.1, 0.15) is 57.9 Å². The molecule has 9 nitrogen and oxygen atoms in total. The summed E-state index contributed by atoms with van der Waals surface area (Å²) in [5.74, 6) is 0. The first-order chi connectivity index (χ1) is 14.5. The third-order valence-electron chi connectivity index (χ3n) is 5.16. The zero-order chi connectivity index (χ0) is 23.0. The Bertz CT molecular complexity index is 1130. The van der Waals surface area contributed by atoms with Gasteiger partial charge >= 0.3 is 11.8 Å². The number of carbonyl (C=O) groups excluding carboxylic acids is 1. The summed E-state index contributed by atoms with van der Waals surface area (Å²) in [6.45, 7) is 12.2. The van der Waals surface area contributed by atoms with Gasteiger partial charge in [-0.15, -0.1) is 11.3 Å². The molecule has 1 saturated carbocycles. The van der Waals surface area contributed by atoms with Gasteiger partial charge in [-0.25, -0.2) is 15.0 Å². The molecule has 10 heteroatoms. The standard InChI is InChI=1S/C21H30N4O5S/c1-7-29-11-10-24-17-15(16(26)25(19(24)28)21(6)8-9-21)13(2)14(31-17)12-22-23-18(27)30-20(3,4)5/h12H,7-11H2,1-6H3,(H,23,27). The van der Waals surface area contributed by atoms with Crippen molar-refractivity contribution in [3.8, 4) is 0 Å². The molecule has 0 aliphatic heterocycles. The molecule has 1 aliphatic rings. The second kappa shape index (κ2) is 8.58. The number of nitrogens with one attached hydrogen (secondary N) is 1. The Morgan fingerprint density at radius 3 is 2.58 bits per heavy atom. The smallest absolute Gasteiger partial charge is 0.428 e. The van der Waals surface area contributed by atoms with Gasteiger partial charge in [0.25, 0.3) is 5.56 Å². The maximum atomic E-state index is 13.3. The lowest BCUT2D eigenvalue weighted by molar-refractivity contribution is 0.0529. The molecule has 0 aromatic carbocycles. The summed E-state index contributed by atoms with van der Waals surface area (Å²) < 4.78 is 13.6. The Hall–Kier alpha value is -2.46. The van der Waals surface area contributed by atoms with Crippen molar-refractivity contribution in [2.75, 3.05) is 13.2 Å². The molecular formula is C21H30N4O5S. The van der Waals surface area contributed by atoms with E-state index in [4.69, 9.17) is 9.47 Å². The molecule has 3 rings (SSSR count). The van der Waals surface area contributed by atoms with Crippen molar-refractivity contribution in [3.63, 3.8) is 0 Å². The molecule has 0 atom stereocenters. The van der Waals surface area contributed by atoms with Gasteiger partial charge in [0, 0.05) is 6.61 Å². The maximum absolute atomic E-state index is 13.3. The van der Waals surface area contributed by atoms with Crippen LogP contribution in [0.3, 0.4) is 0 Å². The third kappa shape index (κ3) is 4.90. The minimum atomic E-state index is -0.667. The summed E-state index contributed by atoms with van der Waals surface area (Å²) >= 11 is 1.29. The van der Waals surface area contributed by atoms with Crippen LogP contribution < -0.4 is 16.7 Å². The number of aromatic nitrogens is 2. The second-order valence-corrected chi connectivity index (χ2v) is 9.94. The van der Waals surface area contributed by atoms with E-state index in [2.05, 4.69) is 10.5 Å². The van der Waals surface area contributed by atoms with Gasteiger partial charge in [0.1, 0.15) is 10.4 Å². The highest BCUT2D eigenvalue weighted by molar-refractivity contribution is 7.20. The van der Waals surface area contributed by atoms with Gasteiger partial charge in [0.2, 0.25) is 0 Å². The molecule has 0 saturated heterocycles. The molecule has 2 aromatic rings. The lowest BCUT2D eigenvalue weighted by Crippen LogP contribution is -2.45. The van der Waals surface area contributed by atoms with Crippen molar-refractivity contribution in [1.29, 1.82) is 0 Å².